The second-order valence-corrected chi connectivity index (χ2v) is 6.38. The molecule has 126 valence electrons. The lowest BCUT2D eigenvalue weighted by Gasteiger charge is -2.29. The first-order valence-electron chi connectivity index (χ1n) is 8.37. The number of likely N-dealkylation sites (N-methyl/N-ethyl adjacent to an activating group) is 1. The molecule has 0 saturated carbocycles. The molecule has 0 unspecified atom stereocenters. The molecule has 2 saturated heterocycles. The Morgan fingerprint density at radius 2 is 1.83 bits per heavy atom. The zero-order chi connectivity index (χ0) is 16.2. The first-order valence-corrected chi connectivity index (χ1v) is 8.37. The lowest BCUT2D eigenvalue weighted by molar-refractivity contribution is 0.174. The molecule has 2 N–H and O–H groups in total. The monoisotopic (exact) mass is 318 g/mol. The van der Waals surface area contributed by atoms with Crippen LogP contribution in [0.2, 0.25) is 0 Å². The van der Waals surface area contributed by atoms with Crippen molar-refractivity contribution in [3.05, 3.63) is 24.3 Å². The van der Waals surface area contributed by atoms with Crippen LogP contribution in [0.15, 0.2) is 24.3 Å². The number of hydrogen-bond donors (Lipinski definition) is 1. The molecule has 1 aromatic rings. The van der Waals surface area contributed by atoms with Crippen molar-refractivity contribution in [2.45, 2.75) is 18.9 Å². The zero-order valence-corrected chi connectivity index (χ0v) is 13.8. The molecule has 0 aromatic heterocycles. The van der Waals surface area contributed by atoms with Gasteiger partial charge in [0.1, 0.15) is 12.4 Å². The van der Waals surface area contributed by atoms with E-state index in [2.05, 4.69) is 4.90 Å². The first-order chi connectivity index (χ1) is 11.1. The summed E-state index contributed by atoms with van der Waals surface area (Å²) in [6.45, 7) is 5.26. The van der Waals surface area contributed by atoms with E-state index in [9.17, 15) is 4.79 Å². The van der Waals surface area contributed by atoms with Crippen LogP contribution in [-0.4, -0.2) is 68.3 Å². The van der Waals surface area contributed by atoms with E-state index >= 15 is 0 Å². The minimum absolute atomic E-state index is 0.0574. The highest BCUT2D eigenvalue weighted by Crippen LogP contribution is 2.22. The fraction of sp³-hybridized carbons (Fsp3) is 0.588. The van der Waals surface area contributed by atoms with Crippen LogP contribution in [-0.2, 0) is 0 Å². The quantitative estimate of drug-likeness (QED) is 0.890. The van der Waals surface area contributed by atoms with Gasteiger partial charge in [-0.2, -0.15) is 0 Å². The van der Waals surface area contributed by atoms with Crippen molar-refractivity contribution in [3.8, 4) is 5.75 Å². The number of rotatable bonds is 5. The summed E-state index contributed by atoms with van der Waals surface area (Å²) in [5, 5.41) is 0. The van der Waals surface area contributed by atoms with Crippen LogP contribution in [0.5, 0.6) is 5.75 Å². The lowest BCUT2D eigenvalue weighted by Crippen LogP contribution is -2.41. The Morgan fingerprint density at radius 3 is 2.43 bits per heavy atom. The van der Waals surface area contributed by atoms with Crippen molar-refractivity contribution in [1.82, 2.24) is 9.80 Å². The van der Waals surface area contributed by atoms with Gasteiger partial charge < -0.3 is 15.4 Å². The maximum absolute atomic E-state index is 12.0. The fourth-order valence-corrected chi connectivity index (χ4v) is 3.08. The molecule has 6 nitrogen and oxygen atoms in total. The van der Waals surface area contributed by atoms with Crippen molar-refractivity contribution in [2.75, 3.05) is 51.3 Å². The molecular weight excluding hydrogens is 292 g/mol. The Labute approximate surface area is 137 Å². The summed E-state index contributed by atoms with van der Waals surface area (Å²) in [7, 11) is 1.83. The largest absolute Gasteiger partial charge is 0.492 e. The molecular formula is C17H26N4O2. The van der Waals surface area contributed by atoms with Gasteiger partial charge in [-0.25, -0.2) is 4.79 Å². The van der Waals surface area contributed by atoms with Gasteiger partial charge in [0.25, 0.3) is 0 Å². The lowest BCUT2D eigenvalue weighted by atomic mass is 10.1. The number of benzene rings is 1. The first kappa shape index (κ1) is 16.1. The number of hydrogen-bond acceptors (Lipinski definition) is 4. The molecule has 2 aliphatic heterocycles. The Balaban J connectivity index is 1.45. The standard InChI is InChI=1S/C17H26N4O2/c1-19-10-11-21(17(19)22)15-2-4-16(5-3-15)23-13-12-20-8-6-14(18)7-9-20/h2-5,14H,6-13,18H2,1H3. The fourth-order valence-electron chi connectivity index (χ4n) is 3.08. The number of carbonyl (C=O) groups is 1. The molecule has 2 aliphatic rings. The minimum Gasteiger partial charge on any atom is -0.492 e. The maximum Gasteiger partial charge on any atom is 0.324 e. The van der Waals surface area contributed by atoms with Crippen LogP contribution < -0.4 is 15.4 Å². The summed E-state index contributed by atoms with van der Waals surface area (Å²) in [6.07, 6.45) is 2.15. The van der Waals surface area contributed by atoms with Gasteiger partial charge in [0, 0.05) is 38.4 Å². The average molecular weight is 318 g/mol. The van der Waals surface area contributed by atoms with Gasteiger partial charge in [0.15, 0.2) is 0 Å². The summed E-state index contributed by atoms with van der Waals surface area (Å²) in [6, 6.07) is 8.20. The van der Waals surface area contributed by atoms with Crippen LogP contribution in [0.1, 0.15) is 12.8 Å². The van der Waals surface area contributed by atoms with Crippen molar-refractivity contribution < 1.29 is 9.53 Å². The van der Waals surface area contributed by atoms with E-state index in [0.29, 0.717) is 12.6 Å². The highest BCUT2D eigenvalue weighted by molar-refractivity contribution is 5.93. The van der Waals surface area contributed by atoms with Gasteiger partial charge in [-0.15, -0.1) is 0 Å². The van der Waals surface area contributed by atoms with E-state index in [1.54, 1.807) is 9.80 Å². The number of anilines is 1. The van der Waals surface area contributed by atoms with Crippen LogP contribution in [0.4, 0.5) is 10.5 Å². The van der Waals surface area contributed by atoms with Gasteiger partial charge in [-0.3, -0.25) is 9.80 Å². The molecule has 2 heterocycles. The number of nitrogens with two attached hydrogens (primary N) is 1. The zero-order valence-electron chi connectivity index (χ0n) is 13.8. The number of urea groups is 1. The summed E-state index contributed by atoms with van der Waals surface area (Å²) >= 11 is 0. The minimum atomic E-state index is 0.0574. The summed E-state index contributed by atoms with van der Waals surface area (Å²) < 4.78 is 5.81. The third kappa shape index (κ3) is 3.95. The molecule has 0 radical (unpaired) electrons. The summed E-state index contributed by atoms with van der Waals surface area (Å²) in [5.41, 5.74) is 6.84. The normalized spacial score (nSPS) is 20.3. The highest BCUT2D eigenvalue weighted by Gasteiger charge is 2.26. The van der Waals surface area contributed by atoms with E-state index in [-0.39, 0.29) is 6.03 Å². The van der Waals surface area contributed by atoms with Crippen molar-refractivity contribution >= 4 is 11.7 Å². The molecule has 2 amide bonds. The van der Waals surface area contributed by atoms with Gasteiger partial charge in [-0.05, 0) is 50.2 Å². The predicted molar refractivity (Wildman–Crippen MR) is 91.0 cm³/mol. The van der Waals surface area contributed by atoms with Gasteiger partial charge in [0.2, 0.25) is 0 Å². The highest BCUT2D eigenvalue weighted by atomic mass is 16.5. The topological polar surface area (TPSA) is 62.0 Å². The Kier molecular flexibility index (Phi) is 5.03. The van der Waals surface area contributed by atoms with Crippen molar-refractivity contribution in [3.63, 3.8) is 0 Å². The number of likely N-dealkylation sites (tertiary alicyclic amines) is 1. The number of ether oxygens (including phenoxy) is 1. The van der Waals surface area contributed by atoms with E-state index in [1.165, 1.54) is 0 Å². The molecule has 6 heteroatoms. The number of nitrogens with zero attached hydrogens (tertiary/aromatic N) is 3. The summed E-state index contributed by atoms with van der Waals surface area (Å²) in [5.74, 6) is 0.850. The number of amides is 2. The van der Waals surface area contributed by atoms with E-state index in [0.717, 1.165) is 57.0 Å². The van der Waals surface area contributed by atoms with Gasteiger partial charge >= 0.3 is 6.03 Å². The third-order valence-corrected chi connectivity index (χ3v) is 4.67. The smallest absolute Gasteiger partial charge is 0.324 e. The van der Waals surface area contributed by atoms with E-state index < -0.39 is 0 Å². The second-order valence-electron chi connectivity index (χ2n) is 6.38. The van der Waals surface area contributed by atoms with Gasteiger partial charge in [-0.1, -0.05) is 0 Å². The molecule has 0 atom stereocenters. The van der Waals surface area contributed by atoms with Crippen molar-refractivity contribution in [2.24, 2.45) is 5.73 Å². The predicted octanol–water partition coefficient (Wildman–Crippen LogP) is 1.36. The number of piperidine rings is 1. The molecule has 1 aromatic carbocycles. The molecule has 23 heavy (non-hydrogen) atoms. The van der Waals surface area contributed by atoms with Gasteiger partial charge in [0.05, 0.1) is 0 Å². The summed E-state index contributed by atoms with van der Waals surface area (Å²) in [4.78, 5) is 17.9. The van der Waals surface area contributed by atoms with Crippen LogP contribution in [0, 0.1) is 0 Å². The number of carbonyl (C=O) groups excluding carboxylic acids is 1. The van der Waals surface area contributed by atoms with Crippen LogP contribution in [0.25, 0.3) is 0 Å². The Hall–Kier alpha value is -1.79. The third-order valence-electron chi connectivity index (χ3n) is 4.67. The van der Waals surface area contributed by atoms with Crippen molar-refractivity contribution in [1.29, 1.82) is 0 Å². The second kappa shape index (κ2) is 7.19. The maximum atomic E-state index is 12.0. The molecule has 0 spiro atoms. The molecule has 0 bridgehead atoms. The van der Waals surface area contributed by atoms with Crippen LogP contribution in [0.3, 0.4) is 0 Å². The molecule has 0 aliphatic carbocycles. The Bertz CT molecular complexity index is 526. The average Bonchev–Trinajstić information content (AvgIpc) is 2.90. The SMILES string of the molecule is CN1CCN(c2ccc(OCCN3CCC(N)CC3)cc2)C1=O. The van der Waals surface area contributed by atoms with E-state index in [4.69, 9.17) is 10.5 Å². The Morgan fingerprint density at radius 1 is 1.13 bits per heavy atom. The molecule has 2 fully saturated rings. The molecule has 3 rings (SSSR count). The van der Waals surface area contributed by atoms with E-state index in [1.807, 2.05) is 31.3 Å². The van der Waals surface area contributed by atoms with Crippen LogP contribution >= 0.6 is 0 Å².